The summed E-state index contributed by atoms with van der Waals surface area (Å²) in [5, 5.41) is 5.77. The monoisotopic (exact) mass is 564 g/mol. The Morgan fingerprint density at radius 1 is 0.738 bits per heavy atom. The molecule has 2 amide bonds. The molecule has 4 rings (SSSR count). The first-order valence-electron chi connectivity index (χ1n) is 13.9. The van der Waals surface area contributed by atoms with Crippen molar-refractivity contribution in [3.8, 4) is 22.6 Å². The number of nitrogens with zero attached hydrogens (tertiary/aromatic N) is 3. The fourth-order valence-electron chi connectivity index (χ4n) is 4.38. The molecule has 0 saturated heterocycles. The number of benzene rings is 3. The maximum atomic E-state index is 12.4. The van der Waals surface area contributed by atoms with Crippen molar-refractivity contribution >= 4 is 29.1 Å². The molecule has 216 valence electrons. The fourth-order valence-corrected chi connectivity index (χ4v) is 4.38. The second kappa shape index (κ2) is 15.1. The molecule has 0 unspecified atom stereocenters. The summed E-state index contributed by atoms with van der Waals surface area (Å²) in [6, 6.07) is 27.3. The van der Waals surface area contributed by atoms with Gasteiger partial charge in [0.1, 0.15) is 0 Å². The molecular weight excluding hydrogens is 528 g/mol. The molecule has 0 aliphatic heterocycles. The molecule has 8 N–H and O–H groups in total. The highest BCUT2D eigenvalue weighted by Gasteiger charge is 2.12. The Hall–Kier alpha value is -5.09. The number of hydrogen-bond acceptors (Lipinski definition) is 6. The van der Waals surface area contributed by atoms with Gasteiger partial charge in [-0.15, -0.1) is 0 Å². The first-order valence-corrected chi connectivity index (χ1v) is 13.9. The van der Waals surface area contributed by atoms with Crippen molar-refractivity contribution in [1.82, 2.24) is 9.97 Å². The van der Waals surface area contributed by atoms with Crippen molar-refractivity contribution in [2.75, 3.05) is 23.7 Å². The summed E-state index contributed by atoms with van der Waals surface area (Å²) in [6.45, 7) is 0.486. The van der Waals surface area contributed by atoms with Crippen LogP contribution in [0.15, 0.2) is 89.9 Å². The van der Waals surface area contributed by atoms with Crippen molar-refractivity contribution < 1.29 is 9.59 Å². The predicted molar refractivity (Wildman–Crippen MR) is 168 cm³/mol. The van der Waals surface area contributed by atoms with Gasteiger partial charge < -0.3 is 27.8 Å². The average molecular weight is 565 g/mol. The number of aryl methyl sites for hydroxylation is 2. The van der Waals surface area contributed by atoms with E-state index in [9.17, 15) is 9.59 Å². The fraction of sp³-hybridized carbons (Fsp3) is 0.219. The second-order valence-corrected chi connectivity index (χ2v) is 9.76. The van der Waals surface area contributed by atoms with Crippen molar-refractivity contribution in [2.45, 2.75) is 32.1 Å². The van der Waals surface area contributed by atoms with Gasteiger partial charge in [-0.1, -0.05) is 54.6 Å². The van der Waals surface area contributed by atoms with Gasteiger partial charge in [0.05, 0.1) is 12.2 Å². The molecule has 0 bridgehead atoms. The molecule has 10 nitrogen and oxygen atoms in total. The first-order chi connectivity index (χ1) is 20.4. The van der Waals surface area contributed by atoms with Gasteiger partial charge in [0.15, 0.2) is 11.8 Å². The van der Waals surface area contributed by atoms with Crippen molar-refractivity contribution in [3.05, 3.63) is 96.2 Å². The van der Waals surface area contributed by atoms with Crippen LogP contribution in [-0.4, -0.2) is 40.8 Å². The number of carbonyl (C=O) groups excluding carboxylic acids is 2. The summed E-state index contributed by atoms with van der Waals surface area (Å²) in [5.41, 5.74) is 22.0. The topological polar surface area (TPSA) is 174 Å². The van der Waals surface area contributed by atoms with Crippen molar-refractivity contribution in [2.24, 2.45) is 22.2 Å². The summed E-state index contributed by atoms with van der Waals surface area (Å²) >= 11 is 0. The Balaban J connectivity index is 1.61. The van der Waals surface area contributed by atoms with Gasteiger partial charge in [0, 0.05) is 47.6 Å². The SMILES string of the molecule is NCCC(=O)Nc1cccc(-c2nc(CCCc3ccccc3)cc(-c3cccc(NC(=O)CCN=C(N)N)c3)n2)c1. The summed E-state index contributed by atoms with van der Waals surface area (Å²) in [6.07, 6.45) is 3.00. The quantitative estimate of drug-likeness (QED) is 0.121. The van der Waals surface area contributed by atoms with Crippen LogP contribution >= 0.6 is 0 Å². The lowest BCUT2D eigenvalue weighted by molar-refractivity contribution is -0.116. The average Bonchev–Trinajstić information content (AvgIpc) is 2.98. The number of nitrogens with two attached hydrogens (primary N) is 3. The zero-order valence-corrected chi connectivity index (χ0v) is 23.4. The first kappa shape index (κ1) is 29.9. The van der Waals surface area contributed by atoms with E-state index in [1.165, 1.54) is 5.56 Å². The third-order valence-electron chi connectivity index (χ3n) is 6.37. The number of anilines is 2. The summed E-state index contributed by atoms with van der Waals surface area (Å²) in [7, 11) is 0. The highest BCUT2D eigenvalue weighted by Crippen LogP contribution is 2.27. The molecule has 0 radical (unpaired) electrons. The summed E-state index contributed by atoms with van der Waals surface area (Å²) < 4.78 is 0. The molecule has 0 atom stereocenters. The largest absolute Gasteiger partial charge is 0.370 e. The summed E-state index contributed by atoms with van der Waals surface area (Å²) in [5.74, 6) is 0.148. The lowest BCUT2D eigenvalue weighted by atomic mass is 10.0. The second-order valence-electron chi connectivity index (χ2n) is 9.76. The maximum Gasteiger partial charge on any atom is 0.226 e. The molecule has 42 heavy (non-hydrogen) atoms. The number of aliphatic imine (C=N–C) groups is 1. The molecule has 1 heterocycles. The molecular formula is C32H36N8O2. The number of rotatable bonds is 13. The van der Waals surface area contributed by atoms with Crippen molar-refractivity contribution in [3.63, 3.8) is 0 Å². The van der Waals surface area contributed by atoms with Crippen LogP contribution in [0, 0.1) is 0 Å². The predicted octanol–water partition coefficient (Wildman–Crippen LogP) is 3.88. The van der Waals surface area contributed by atoms with Crippen LogP contribution < -0.4 is 27.8 Å². The molecule has 3 aromatic carbocycles. The lowest BCUT2D eigenvalue weighted by Crippen LogP contribution is -2.23. The zero-order chi connectivity index (χ0) is 29.7. The molecule has 0 saturated carbocycles. The van der Waals surface area contributed by atoms with E-state index in [1.807, 2.05) is 72.8 Å². The van der Waals surface area contributed by atoms with E-state index < -0.39 is 0 Å². The Bertz CT molecular complexity index is 1530. The Labute approximate surface area is 245 Å². The van der Waals surface area contributed by atoms with Gasteiger partial charge in [-0.05, 0) is 55.2 Å². The van der Waals surface area contributed by atoms with Crippen LogP contribution in [0.4, 0.5) is 11.4 Å². The normalized spacial score (nSPS) is 10.6. The minimum absolute atomic E-state index is 0.0487. The Morgan fingerprint density at radius 2 is 1.40 bits per heavy atom. The van der Waals surface area contributed by atoms with Gasteiger partial charge in [0.25, 0.3) is 0 Å². The number of aromatic nitrogens is 2. The number of guanidine groups is 1. The van der Waals surface area contributed by atoms with E-state index in [-0.39, 0.29) is 43.7 Å². The molecule has 10 heteroatoms. The Kier molecular flexibility index (Phi) is 10.7. The minimum Gasteiger partial charge on any atom is -0.370 e. The highest BCUT2D eigenvalue weighted by molar-refractivity contribution is 5.92. The van der Waals surface area contributed by atoms with E-state index in [4.69, 9.17) is 27.2 Å². The van der Waals surface area contributed by atoms with Gasteiger partial charge in [-0.3, -0.25) is 14.6 Å². The van der Waals surface area contributed by atoms with Crippen LogP contribution in [0.3, 0.4) is 0 Å². The zero-order valence-electron chi connectivity index (χ0n) is 23.4. The van der Waals surface area contributed by atoms with E-state index >= 15 is 0 Å². The highest BCUT2D eigenvalue weighted by atomic mass is 16.2. The number of hydrogen-bond donors (Lipinski definition) is 5. The van der Waals surface area contributed by atoms with Crippen LogP contribution in [0.25, 0.3) is 22.6 Å². The van der Waals surface area contributed by atoms with Crippen LogP contribution in [0.2, 0.25) is 0 Å². The molecule has 0 spiro atoms. The number of carbonyl (C=O) groups is 2. The number of amides is 2. The molecule has 4 aromatic rings. The lowest BCUT2D eigenvalue weighted by Gasteiger charge is -2.12. The Morgan fingerprint density at radius 3 is 2.10 bits per heavy atom. The van der Waals surface area contributed by atoms with E-state index in [1.54, 1.807) is 0 Å². The van der Waals surface area contributed by atoms with Crippen LogP contribution in [0.5, 0.6) is 0 Å². The molecule has 0 aliphatic carbocycles. The summed E-state index contributed by atoms with van der Waals surface area (Å²) in [4.78, 5) is 38.1. The third kappa shape index (κ3) is 9.24. The van der Waals surface area contributed by atoms with E-state index in [0.29, 0.717) is 17.2 Å². The van der Waals surface area contributed by atoms with Gasteiger partial charge in [0.2, 0.25) is 11.8 Å². The van der Waals surface area contributed by atoms with Gasteiger partial charge >= 0.3 is 0 Å². The minimum atomic E-state index is -0.198. The van der Waals surface area contributed by atoms with Crippen LogP contribution in [0.1, 0.15) is 30.5 Å². The maximum absolute atomic E-state index is 12.4. The van der Waals surface area contributed by atoms with Gasteiger partial charge in [-0.25, -0.2) is 9.97 Å². The molecule has 0 fully saturated rings. The van der Waals surface area contributed by atoms with E-state index in [2.05, 4.69) is 27.8 Å². The molecule has 0 aliphatic rings. The van der Waals surface area contributed by atoms with Crippen molar-refractivity contribution in [1.29, 1.82) is 0 Å². The smallest absolute Gasteiger partial charge is 0.226 e. The third-order valence-corrected chi connectivity index (χ3v) is 6.37. The van der Waals surface area contributed by atoms with Gasteiger partial charge in [-0.2, -0.15) is 0 Å². The van der Waals surface area contributed by atoms with Crippen LogP contribution in [-0.2, 0) is 22.4 Å². The van der Waals surface area contributed by atoms with E-state index in [0.717, 1.165) is 41.8 Å². The number of nitrogens with one attached hydrogen (secondary N) is 2. The molecule has 1 aromatic heterocycles. The standard InChI is InChI=1S/C32H36N8O2/c33-17-15-29(41)37-26-14-6-11-24(20-26)31-39-27(12-4-9-22-7-2-1-3-8-22)21-28(40-31)23-10-5-13-25(19-23)38-30(42)16-18-36-32(34)35/h1-3,5-8,10-11,13-14,19-21H,4,9,12,15-18,33H2,(H,37,41)(H,38,42)(H4,34,35,36).